The summed E-state index contributed by atoms with van der Waals surface area (Å²) in [6.07, 6.45) is 0.351. The first-order valence-electron chi connectivity index (χ1n) is 9.28. The second kappa shape index (κ2) is 9.76. The highest BCUT2D eigenvalue weighted by molar-refractivity contribution is 7.89. The van der Waals surface area contributed by atoms with E-state index in [2.05, 4.69) is 10.0 Å². The predicted octanol–water partition coefficient (Wildman–Crippen LogP) is 3.34. The Morgan fingerprint density at radius 2 is 1.62 bits per heavy atom. The molecule has 158 valence electrons. The summed E-state index contributed by atoms with van der Waals surface area (Å²) in [5.41, 5.74) is 1.44. The number of methoxy groups -OCH3 is 2. The summed E-state index contributed by atoms with van der Waals surface area (Å²) in [7, 11) is -0.815. The van der Waals surface area contributed by atoms with Crippen molar-refractivity contribution in [2.24, 2.45) is 5.92 Å². The fourth-order valence-electron chi connectivity index (χ4n) is 2.80. The van der Waals surface area contributed by atoms with E-state index < -0.39 is 22.0 Å². The predicted molar refractivity (Wildman–Crippen MR) is 113 cm³/mol. The second-order valence-corrected chi connectivity index (χ2v) is 8.89. The minimum Gasteiger partial charge on any atom is -0.493 e. The van der Waals surface area contributed by atoms with Gasteiger partial charge in [0.2, 0.25) is 15.9 Å². The van der Waals surface area contributed by atoms with E-state index in [0.29, 0.717) is 23.6 Å². The first-order valence-corrected chi connectivity index (χ1v) is 10.8. The van der Waals surface area contributed by atoms with Crippen LogP contribution in [0.3, 0.4) is 0 Å². The molecular weight excluding hydrogens is 392 g/mol. The molecule has 0 heterocycles. The summed E-state index contributed by atoms with van der Waals surface area (Å²) in [6, 6.07) is 10.5. The number of benzene rings is 2. The topological polar surface area (TPSA) is 93.7 Å². The maximum absolute atomic E-state index is 12.9. The second-order valence-electron chi connectivity index (χ2n) is 7.18. The zero-order valence-electron chi connectivity index (χ0n) is 17.4. The summed E-state index contributed by atoms with van der Waals surface area (Å²) < 4.78 is 38.5. The third-order valence-corrected chi connectivity index (χ3v) is 5.79. The zero-order valence-corrected chi connectivity index (χ0v) is 18.2. The van der Waals surface area contributed by atoms with Gasteiger partial charge < -0.3 is 14.8 Å². The van der Waals surface area contributed by atoms with Crippen LogP contribution < -0.4 is 19.5 Å². The van der Waals surface area contributed by atoms with Crippen LogP contribution in [0.15, 0.2) is 47.4 Å². The lowest BCUT2D eigenvalue weighted by Gasteiger charge is -2.20. The molecule has 1 unspecified atom stereocenters. The third kappa shape index (κ3) is 6.20. The Hall–Kier alpha value is -2.58. The SMILES string of the molecule is COc1ccc(NC(=O)C(CC(C)C)NS(=O)(=O)c2ccc(C)cc2)cc1OC. The van der Waals surface area contributed by atoms with Gasteiger partial charge in [0.15, 0.2) is 11.5 Å². The molecule has 0 fully saturated rings. The van der Waals surface area contributed by atoms with Gasteiger partial charge in [-0.3, -0.25) is 4.79 Å². The van der Waals surface area contributed by atoms with Crippen molar-refractivity contribution >= 4 is 21.6 Å². The number of carbonyl (C=O) groups excluding carboxylic acids is 1. The van der Waals surface area contributed by atoms with Gasteiger partial charge in [0.1, 0.15) is 6.04 Å². The zero-order chi connectivity index (χ0) is 21.6. The Bertz CT molecular complexity index is 940. The van der Waals surface area contributed by atoms with Crippen LogP contribution >= 0.6 is 0 Å². The molecule has 2 N–H and O–H groups in total. The summed E-state index contributed by atoms with van der Waals surface area (Å²) in [5, 5.41) is 2.76. The molecule has 0 saturated heterocycles. The van der Waals surface area contributed by atoms with Crippen LogP contribution in [0.5, 0.6) is 11.5 Å². The van der Waals surface area contributed by atoms with Gasteiger partial charge in [-0.05, 0) is 43.5 Å². The van der Waals surface area contributed by atoms with E-state index in [1.807, 2.05) is 20.8 Å². The average Bonchev–Trinajstić information content (AvgIpc) is 2.67. The summed E-state index contributed by atoms with van der Waals surface area (Å²) in [6.45, 7) is 5.73. The quantitative estimate of drug-likeness (QED) is 0.649. The van der Waals surface area contributed by atoms with Crippen molar-refractivity contribution in [2.45, 2.75) is 38.1 Å². The Labute approximate surface area is 172 Å². The van der Waals surface area contributed by atoms with E-state index in [9.17, 15) is 13.2 Å². The molecule has 2 rings (SSSR count). The van der Waals surface area contributed by atoms with Crippen molar-refractivity contribution in [3.63, 3.8) is 0 Å². The standard InChI is InChI=1S/C21H28N2O5S/c1-14(2)12-18(23-29(25,26)17-9-6-15(3)7-10-17)21(24)22-16-8-11-19(27-4)20(13-16)28-5/h6-11,13-14,18,23H,12H2,1-5H3,(H,22,24). The van der Waals surface area contributed by atoms with Crippen molar-refractivity contribution in [1.82, 2.24) is 4.72 Å². The van der Waals surface area contributed by atoms with E-state index >= 15 is 0 Å². The van der Waals surface area contributed by atoms with Crippen LogP contribution in [0.25, 0.3) is 0 Å². The number of anilines is 1. The largest absolute Gasteiger partial charge is 0.493 e. The lowest BCUT2D eigenvalue weighted by atomic mass is 10.0. The molecule has 0 bridgehead atoms. The van der Waals surface area contributed by atoms with Crippen molar-refractivity contribution in [3.8, 4) is 11.5 Å². The highest BCUT2D eigenvalue weighted by Crippen LogP contribution is 2.30. The van der Waals surface area contributed by atoms with Crippen LogP contribution in [0.2, 0.25) is 0 Å². The summed E-state index contributed by atoms with van der Waals surface area (Å²) in [4.78, 5) is 13.0. The van der Waals surface area contributed by atoms with Gasteiger partial charge in [-0.15, -0.1) is 0 Å². The summed E-state index contributed by atoms with van der Waals surface area (Å²) >= 11 is 0. The first-order chi connectivity index (χ1) is 13.7. The number of nitrogens with one attached hydrogen (secondary N) is 2. The van der Waals surface area contributed by atoms with Crippen LogP contribution in [-0.4, -0.2) is 34.6 Å². The fourth-order valence-corrected chi connectivity index (χ4v) is 4.00. The molecular formula is C21H28N2O5S. The van der Waals surface area contributed by atoms with Crippen LogP contribution in [0.4, 0.5) is 5.69 Å². The highest BCUT2D eigenvalue weighted by atomic mass is 32.2. The van der Waals surface area contributed by atoms with Gasteiger partial charge in [0, 0.05) is 11.8 Å². The molecule has 1 amide bonds. The molecule has 1 atom stereocenters. The maximum Gasteiger partial charge on any atom is 0.242 e. The molecule has 0 aliphatic rings. The number of aryl methyl sites for hydroxylation is 1. The Morgan fingerprint density at radius 3 is 2.17 bits per heavy atom. The minimum atomic E-state index is -3.84. The number of sulfonamides is 1. The number of hydrogen-bond donors (Lipinski definition) is 2. The van der Waals surface area contributed by atoms with Crippen molar-refractivity contribution in [1.29, 1.82) is 0 Å². The molecule has 2 aromatic carbocycles. The van der Waals surface area contributed by atoms with Gasteiger partial charge in [0.25, 0.3) is 0 Å². The number of amides is 1. The molecule has 0 radical (unpaired) electrons. The molecule has 0 aliphatic carbocycles. The number of rotatable bonds is 9. The summed E-state index contributed by atoms with van der Waals surface area (Å²) in [5.74, 6) is 0.661. The van der Waals surface area contributed by atoms with E-state index in [1.165, 1.54) is 26.4 Å². The van der Waals surface area contributed by atoms with E-state index in [1.54, 1.807) is 30.3 Å². The first kappa shape index (κ1) is 22.7. The highest BCUT2D eigenvalue weighted by Gasteiger charge is 2.27. The number of hydrogen-bond acceptors (Lipinski definition) is 5. The number of ether oxygens (including phenoxy) is 2. The van der Waals surface area contributed by atoms with E-state index in [-0.39, 0.29) is 10.8 Å². The van der Waals surface area contributed by atoms with E-state index in [0.717, 1.165) is 5.56 Å². The molecule has 29 heavy (non-hydrogen) atoms. The monoisotopic (exact) mass is 420 g/mol. The van der Waals surface area contributed by atoms with Crippen LogP contribution in [0, 0.1) is 12.8 Å². The Morgan fingerprint density at radius 1 is 1.00 bits per heavy atom. The average molecular weight is 421 g/mol. The number of carbonyl (C=O) groups is 1. The van der Waals surface area contributed by atoms with Gasteiger partial charge in [-0.25, -0.2) is 8.42 Å². The fraction of sp³-hybridized carbons (Fsp3) is 0.381. The molecule has 0 saturated carbocycles. The molecule has 0 aromatic heterocycles. The van der Waals surface area contributed by atoms with Gasteiger partial charge in [-0.1, -0.05) is 31.5 Å². The smallest absolute Gasteiger partial charge is 0.242 e. The Balaban J connectivity index is 2.23. The van der Waals surface area contributed by atoms with Gasteiger partial charge in [-0.2, -0.15) is 4.72 Å². The van der Waals surface area contributed by atoms with Crippen LogP contribution in [0.1, 0.15) is 25.8 Å². The molecule has 2 aromatic rings. The maximum atomic E-state index is 12.9. The molecule has 0 spiro atoms. The Kier molecular flexibility index (Phi) is 7.64. The lowest BCUT2D eigenvalue weighted by Crippen LogP contribution is -2.44. The van der Waals surface area contributed by atoms with E-state index in [4.69, 9.17) is 9.47 Å². The molecule has 8 heteroatoms. The normalized spacial score (nSPS) is 12.5. The van der Waals surface area contributed by atoms with Crippen LogP contribution in [-0.2, 0) is 14.8 Å². The molecule has 7 nitrogen and oxygen atoms in total. The molecule has 0 aliphatic heterocycles. The lowest BCUT2D eigenvalue weighted by molar-refractivity contribution is -0.118. The van der Waals surface area contributed by atoms with Crippen molar-refractivity contribution < 1.29 is 22.7 Å². The third-order valence-electron chi connectivity index (χ3n) is 4.30. The van der Waals surface area contributed by atoms with Crippen molar-refractivity contribution in [2.75, 3.05) is 19.5 Å². The van der Waals surface area contributed by atoms with Gasteiger partial charge >= 0.3 is 0 Å². The minimum absolute atomic E-state index is 0.108. The van der Waals surface area contributed by atoms with Crippen molar-refractivity contribution in [3.05, 3.63) is 48.0 Å². The van der Waals surface area contributed by atoms with Gasteiger partial charge in [0.05, 0.1) is 19.1 Å².